The molecule has 0 saturated heterocycles. The molecule has 0 aliphatic heterocycles. The van der Waals surface area contributed by atoms with E-state index in [1.165, 1.54) is 13.0 Å². The van der Waals surface area contributed by atoms with Crippen LogP contribution in [0.25, 0.3) is 6.08 Å². The van der Waals surface area contributed by atoms with E-state index in [0.717, 1.165) is 11.1 Å². The third-order valence-electron chi connectivity index (χ3n) is 2.43. The zero-order valence-electron chi connectivity index (χ0n) is 7.86. The number of Topliss-reactive ketones (excluding diaryl/α,β-unsaturated/α-hetero) is 1. The van der Waals surface area contributed by atoms with Crippen LogP contribution in [0.1, 0.15) is 24.0 Å². The lowest BCUT2D eigenvalue weighted by atomic mass is 9.84. The van der Waals surface area contributed by atoms with E-state index in [9.17, 15) is 9.59 Å². The summed E-state index contributed by atoms with van der Waals surface area (Å²) in [5, 5.41) is 0. The van der Waals surface area contributed by atoms with Crippen molar-refractivity contribution in [3.05, 3.63) is 41.5 Å². The number of carbonyl (C=O) groups excluding carboxylic acids is 2. The third-order valence-corrected chi connectivity index (χ3v) is 2.43. The molecule has 0 aromatic heterocycles. The minimum absolute atomic E-state index is 0.0909. The molecule has 2 heteroatoms. The maximum Gasteiger partial charge on any atom is 0.170 e. The first-order chi connectivity index (χ1) is 6.70. The van der Waals surface area contributed by atoms with Gasteiger partial charge in [-0.05, 0) is 24.1 Å². The second-order valence-corrected chi connectivity index (χ2v) is 3.41. The number of fused-ring (bicyclic) bond motifs is 1. The normalized spacial score (nSPS) is 19.2. The molecule has 14 heavy (non-hydrogen) atoms. The predicted octanol–water partition coefficient (Wildman–Crippen LogP) is 1.96. The molecule has 0 fully saturated rings. The van der Waals surface area contributed by atoms with Gasteiger partial charge in [-0.2, -0.15) is 0 Å². The van der Waals surface area contributed by atoms with Gasteiger partial charge < -0.3 is 0 Å². The molecule has 1 aliphatic rings. The van der Waals surface area contributed by atoms with Gasteiger partial charge in [0.1, 0.15) is 11.7 Å². The Labute approximate surface area is 82.2 Å². The molecular weight excluding hydrogens is 176 g/mol. The SMILES string of the molecule is CC(=O)C1C(=O)C=Cc2ccccc21. The summed E-state index contributed by atoms with van der Waals surface area (Å²) in [6.45, 7) is 1.46. The summed E-state index contributed by atoms with van der Waals surface area (Å²) in [5.74, 6) is -0.792. The average molecular weight is 186 g/mol. The van der Waals surface area contributed by atoms with Crippen molar-refractivity contribution in [3.8, 4) is 0 Å². The summed E-state index contributed by atoms with van der Waals surface area (Å²) in [4.78, 5) is 22.8. The first kappa shape index (κ1) is 8.88. The molecule has 0 saturated carbocycles. The molecule has 0 bridgehead atoms. The van der Waals surface area contributed by atoms with Crippen LogP contribution in [0.5, 0.6) is 0 Å². The standard InChI is InChI=1S/C12H10O2/c1-8(13)12-10-5-3-2-4-9(10)6-7-11(12)14/h2-7,12H,1H3. The van der Waals surface area contributed by atoms with Crippen LogP contribution in [-0.4, -0.2) is 11.6 Å². The number of allylic oxidation sites excluding steroid dienone is 1. The molecule has 1 aromatic carbocycles. The smallest absolute Gasteiger partial charge is 0.170 e. The lowest BCUT2D eigenvalue weighted by Gasteiger charge is -2.17. The topological polar surface area (TPSA) is 34.1 Å². The maximum absolute atomic E-state index is 11.5. The number of benzene rings is 1. The summed E-state index contributed by atoms with van der Waals surface area (Å²) in [7, 11) is 0. The van der Waals surface area contributed by atoms with E-state index < -0.39 is 5.92 Å². The Morgan fingerprint density at radius 1 is 1.21 bits per heavy atom. The van der Waals surface area contributed by atoms with E-state index in [0.29, 0.717) is 0 Å². The summed E-state index contributed by atoms with van der Waals surface area (Å²) in [6, 6.07) is 7.49. The molecule has 0 spiro atoms. The van der Waals surface area contributed by atoms with Crippen molar-refractivity contribution in [2.24, 2.45) is 0 Å². The van der Waals surface area contributed by atoms with Gasteiger partial charge in [-0.3, -0.25) is 9.59 Å². The van der Waals surface area contributed by atoms with Gasteiger partial charge in [-0.15, -0.1) is 0 Å². The van der Waals surface area contributed by atoms with Crippen LogP contribution < -0.4 is 0 Å². The zero-order valence-corrected chi connectivity index (χ0v) is 7.86. The van der Waals surface area contributed by atoms with Crippen molar-refractivity contribution in [2.75, 3.05) is 0 Å². The fraction of sp³-hybridized carbons (Fsp3) is 0.167. The molecule has 1 atom stereocenters. The van der Waals surface area contributed by atoms with Gasteiger partial charge in [0.15, 0.2) is 5.78 Å². The number of rotatable bonds is 1. The summed E-state index contributed by atoms with van der Waals surface area (Å²) in [5.41, 5.74) is 1.79. The van der Waals surface area contributed by atoms with Crippen molar-refractivity contribution in [2.45, 2.75) is 12.8 Å². The van der Waals surface area contributed by atoms with Crippen molar-refractivity contribution in [1.29, 1.82) is 0 Å². The maximum atomic E-state index is 11.5. The largest absolute Gasteiger partial charge is 0.299 e. The zero-order chi connectivity index (χ0) is 10.1. The minimum Gasteiger partial charge on any atom is -0.299 e. The first-order valence-electron chi connectivity index (χ1n) is 4.51. The van der Waals surface area contributed by atoms with E-state index in [2.05, 4.69) is 0 Å². The Kier molecular flexibility index (Phi) is 2.04. The fourth-order valence-corrected chi connectivity index (χ4v) is 1.77. The Hall–Kier alpha value is -1.70. The highest BCUT2D eigenvalue weighted by Gasteiger charge is 2.27. The minimum atomic E-state index is -0.587. The van der Waals surface area contributed by atoms with Crippen LogP contribution in [0.4, 0.5) is 0 Å². The summed E-state index contributed by atoms with van der Waals surface area (Å²) < 4.78 is 0. The van der Waals surface area contributed by atoms with Crippen LogP contribution in [0, 0.1) is 0 Å². The number of ketones is 2. The highest BCUT2D eigenvalue weighted by molar-refractivity contribution is 6.15. The molecule has 0 heterocycles. The lowest BCUT2D eigenvalue weighted by Crippen LogP contribution is -2.21. The molecular formula is C12H10O2. The highest BCUT2D eigenvalue weighted by Crippen LogP contribution is 2.27. The average Bonchev–Trinajstić information content (AvgIpc) is 2.17. The van der Waals surface area contributed by atoms with Crippen molar-refractivity contribution in [3.63, 3.8) is 0 Å². The van der Waals surface area contributed by atoms with Crippen molar-refractivity contribution in [1.82, 2.24) is 0 Å². The Morgan fingerprint density at radius 3 is 2.64 bits per heavy atom. The van der Waals surface area contributed by atoms with Gasteiger partial charge in [0.25, 0.3) is 0 Å². The highest BCUT2D eigenvalue weighted by atomic mass is 16.1. The van der Waals surface area contributed by atoms with E-state index in [1.807, 2.05) is 24.3 Å². The van der Waals surface area contributed by atoms with Crippen molar-refractivity contribution < 1.29 is 9.59 Å². The molecule has 0 amide bonds. The molecule has 0 radical (unpaired) electrons. The van der Waals surface area contributed by atoms with Crippen LogP contribution in [0.15, 0.2) is 30.3 Å². The van der Waals surface area contributed by atoms with Gasteiger partial charge in [-0.25, -0.2) is 0 Å². The Bertz CT molecular complexity index is 430. The molecule has 1 aliphatic carbocycles. The van der Waals surface area contributed by atoms with E-state index in [1.54, 1.807) is 6.08 Å². The molecule has 70 valence electrons. The summed E-state index contributed by atoms with van der Waals surface area (Å²) >= 11 is 0. The van der Waals surface area contributed by atoms with Crippen molar-refractivity contribution >= 4 is 17.6 Å². The molecule has 1 unspecified atom stereocenters. The van der Waals surface area contributed by atoms with Gasteiger partial charge in [0.2, 0.25) is 0 Å². The first-order valence-corrected chi connectivity index (χ1v) is 4.51. The van der Waals surface area contributed by atoms with Gasteiger partial charge in [-0.1, -0.05) is 30.3 Å². The predicted molar refractivity (Wildman–Crippen MR) is 53.9 cm³/mol. The number of hydrogen-bond donors (Lipinski definition) is 0. The quantitative estimate of drug-likeness (QED) is 0.628. The van der Waals surface area contributed by atoms with Gasteiger partial charge >= 0.3 is 0 Å². The molecule has 2 nitrogen and oxygen atoms in total. The van der Waals surface area contributed by atoms with Gasteiger partial charge in [0, 0.05) is 0 Å². The van der Waals surface area contributed by atoms with E-state index in [-0.39, 0.29) is 11.6 Å². The fourth-order valence-electron chi connectivity index (χ4n) is 1.77. The monoisotopic (exact) mass is 186 g/mol. The second kappa shape index (κ2) is 3.22. The number of hydrogen-bond acceptors (Lipinski definition) is 2. The number of carbonyl (C=O) groups is 2. The molecule has 1 aromatic rings. The van der Waals surface area contributed by atoms with Crippen LogP contribution in [0.2, 0.25) is 0 Å². The van der Waals surface area contributed by atoms with Gasteiger partial charge in [0.05, 0.1) is 0 Å². The third kappa shape index (κ3) is 1.29. The molecule has 0 N–H and O–H groups in total. The molecule has 2 rings (SSSR count). The Morgan fingerprint density at radius 2 is 1.93 bits per heavy atom. The van der Waals surface area contributed by atoms with E-state index >= 15 is 0 Å². The summed E-state index contributed by atoms with van der Waals surface area (Å²) in [6.07, 6.45) is 3.24. The van der Waals surface area contributed by atoms with E-state index in [4.69, 9.17) is 0 Å². The van der Waals surface area contributed by atoms with Crippen LogP contribution >= 0.6 is 0 Å². The van der Waals surface area contributed by atoms with Crippen LogP contribution in [0.3, 0.4) is 0 Å². The lowest BCUT2D eigenvalue weighted by molar-refractivity contribution is -0.125. The Balaban J connectivity index is 2.59. The second-order valence-electron chi connectivity index (χ2n) is 3.41. The van der Waals surface area contributed by atoms with Crippen LogP contribution in [-0.2, 0) is 9.59 Å².